The highest BCUT2D eigenvalue weighted by Crippen LogP contribution is 2.33. The van der Waals surface area contributed by atoms with E-state index in [1.807, 2.05) is 24.3 Å². The lowest BCUT2D eigenvalue weighted by Crippen LogP contribution is -2.25. The first-order chi connectivity index (χ1) is 14.7. The summed E-state index contributed by atoms with van der Waals surface area (Å²) in [5.74, 6) is 1.87. The second-order valence-corrected chi connectivity index (χ2v) is 7.13. The molecule has 10 heteroatoms. The quantitative estimate of drug-likeness (QED) is 0.512. The molecule has 0 saturated carbocycles. The molecular weight excluding hydrogens is 416 g/mol. The first kappa shape index (κ1) is 22.3. The highest BCUT2D eigenvalue weighted by atomic mass is 35.5. The summed E-state index contributed by atoms with van der Waals surface area (Å²) in [7, 11) is 1.67. The van der Waals surface area contributed by atoms with Crippen LogP contribution in [-0.2, 0) is 0 Å². The molecule has 31 heavy (non-hydrogen) atoms. The topological polar surface area (TPSA) is 115 Å². The number of aromatic nitrogens is 4. The fraction of sp³-hybridized carbons (Fsp3) is 0.333. The summed E-state index contributed by atoms with van der Waals surface area (Å²) in [5, 5.41) is 22.8. The largest absolute Gasteiger partial charge is 0.496 e. The average molecular weight is 441 g/mol. The minimum Gasteiger partial charge on any atom is -0.496 e. The van der Waals surface area contributed by atoms with Gasteiger partial charge in [-0.3, -0.25) is 5.10 Å². The van der Waals surface area contributed by atoms with Crippen molar-refractivity contribution in [2.75, 3.05) is 37.4 Å². The van der Waals surface area contributed by atoms with Crippen molar-refractivity contribution in [2.24, 2.45) is 0 Å². The molecule has 1 aromatic carbocycles. The lowest BCUT2D eigenvalue weighted by atomic mass is 10.1. The molecule has 0 radical (unpaired) electrons. The van der Waals surface area contributed by atoms with Crippen molar-refractivity contribution in [3.63, 3.8) is 0 Å². The van der Waals surface area contributed by atoms with Crippen molar-refractivity contribution in [3.05, 3.63) is 42.4 Å². The van der Waals surface area contributed by atoms with Crippen LogP contribution < -0.4 is 15.4 Å². The Morgan fingerprint density at radius 3 is 2.81 bits per heavy atom. The van der Waals surface area contributed by atoms with Gasteiger partial charge in [0.15, 0.2) is 11.5 Å². The third-order valence-electron chi connectivity index (χ3n) is 5.18. The van der Waals surface area contributed by atoms with E-state index >= 15 is 0 Å². The molecule has 1 fully saturated rings. The number of nitrogens with zero attached hydrogens (tertiary/aromatic N) is 5. The van der Waals surface area contributed by atoms with Crippen LogP contribution in [0.15, 0.2) is 36.7 Å². The Balaban J connectivity index is 0.00000272. The van der Waals surface area contributed by atoms with Crippen LogP contribution in [-0.4, -0.2) is 57.9 Å². The maximum atomic E-state index is 8.81. The molecule has 9 nitrogen and oxygen atoms in total. The Hall–Kier alpha value is -3.35. The number of halogens is 1. The van der Waals surface area contributed by atoms with Gasteiger partial charge in [-0.05, 0) is 25.1 Å². The van der Waals surface area contributed by atoms with Gasteiger partial charge in [-0.2, -0.15) is 10.4 Å². The predicted molar refractivity (Wildman–Crippen MR) is 122 cm³/mol. The van der Waals surface area contributed by atoms with E-state index < -0.39 is 0 Å². The van der Waals surface area contributed by atoms with Crippen LogP contribution in [0.5, 0.6) is 5.75 Å². The molecule has 1 atom stereocenters. The molecule has 0 aliphatic carbocycles. The Morgan fingerprint density at radius 1 is 1.26 bits per heavy atom. The zero-order chi connectivity index (χ0) is 20.9. The van der Waals surface area contributed by atoms with Gasteiger partial charge in [0.05, 0.1) is 25.2 Å². The van der Waals surface area contributed by atoms with Gasteiger partial charge < -0.3 is 20.3 Å². The zero-order valence-corrected chi connectivity index (χ0v) is 18.2. The van der Waals surface area contributed by atoms with Crippen LogP contribution in [0, 0.1) is 11.3 Å². The number of nitriles is 1. The molecule has 3 N–H and O–H groups in total. The fourth-order valence-corrected chi connectivity index (χ4v) is 3.58. The van der Waals surface area contributed by atoms with Crippen LogP contribution in [0.1, 0.15) is 19.0 Å². The minimum atomic E-state index is 0. The summed E-state index contributed by atoms with van der Waals surface area (Å²) in [6.45, 7) is 5.48. The Labute approximate surface area is 187 Å². The predicted octanol–water partition coefficient (Wildman–Crippen LogP) is 3.42. The van der Waals surface area contributed by atoms with E-state index in [2.05, 4.69) is 48.7 Å². The lowest BCUT2D eigenvalue weighted by molar-refractivity contribution is 0.356. The van der Waals surface area contributed by atoms with E-state index in [1.165, 1.54) is 12.4 Å². The van der Waals surface area contributed by atoms with E-state index in [0.29, 0.717) is 17.7 Å². The number of ether oxygens (including phenoxy) is 1. The Morgan fingerprint density at radius 2 is 2.13 bits per heavy atom. The van der Waals surface area contributed by atoms with Gasteiger partial charge in [-0.25, -0.2) is 9.97 Å². The monoisotopic (exact) mass is 440 g/mol. The van der Waals surface area contributed by atoms with Crippen LogP contribution in [0.2, 0.25) is 0 Å². The second kappa shape index (κ2) is 10.1. The highest BCUT2D eigenvalue weighted by Gasteiger charge is 2.21. The normalized spacial score (nSPS) is 15.7. The van der Waals surface area contributed by atoms with Crippen LogP contribution in [0.3, 0.4) is 0 Å². The number of likely N-dealkylation sites (tertiary alicyclic amines) is 1. The molecule has 2 aromatic heterocycles. The fourth-order valence-electron chi connectivity index (χ4n) is 3.58. The summed E-state index contributed by atoms with van der Waals surface area (Å²) < 4.78 is 5.63. The smallest absolute Gasteiger partial charge is 0.158 e. The van der Waals surface area contributed by atoms with E-state index in [-0.39, 0.29) is 18.1 Å². The third kappa shape index (κ3) is 5.23. The molecule has 3 heterocycles. The number of anilines is 3. The molecule has 0 bridgehead atoms. The highest BCUT2D eigenvalue weighted by molar-refractivity contribution is 5.85. The van der Waals surface area contributed by atoms with E-state index in [1.54, 1.807) is 7.11 Å². The molecular formula is C21H25ClN8O. The summed E-state index contributed by atoms with van der Waals surface area (Å²) in [4.78, 5) is 10.6. The van der Waals surface area contributed by atoms with Crippen molar-refractivity contribution in [1.29, 1.82) is 5.26 Å². The number of rotatable bonds is 7. The third-order valence-corrected chi connectivity index (χ3v) is 5.18. The number of aromatic amines is 1. The lowest BCUT2D eigenvalue weighted by Gasteiger charge is -2.17. The molecule has 3 aromatic rings. The van der Waals surface area contributed by atoms with Gasteiger partial charge in [0.1, 0.15) is 17.6 Å². The molecule has 1 aliphatic heterocycles. The molecule has 162 valence electrons. The van der Waals surface area contributed by atoms with Gasteiger partial charge in [-0.15, -0.1) is 12.4 Å². The van der Waals surface area contributed by atoms with Crippen molar-refractivity contribution < 1.29 is 4.74 Å². The second-order valence-electron chi connectivity index (χ2n) is 7.13. The number of nitrogens with one attached hydrogen (secondary N) is 3. The Bertz CT molecular complexity index is 1050. The van der Waals surface area contributed by atoms with Crippen molar-refractivity contribution in [1.82, 2.24) is 25.1 Å². The first-order valence-electron chi connectivity index (χ1n) is 9.90. The molecule has 0 spiro atoms. The summed E-state index contributed by atoms with van der Waals surface area (Å²) in [6.07, 6.45) is 4.05. The number of hydrogen-bond acceptors (Lipinski definition) is 8. The number of hydrogen-bond donors (Lipinski definition) is 3. The van der Waals surface area contributed by atoms with Crippen LogP contribution in [0.4, 0.5) is 17.3 Å². The number of H-pyrrole nitrogens is 1. The molecule has 1 aliphatic rings. The molecule has 4 rings (SSSR count). The Kier molecular flexibility index (Phi) is 7.28. The molecule has 0 amide bonds. The van der Waals surface area contributed by atoms with Crippen LogP contribution in [0.25, 0.3) is 11.3 Å². The molecule has 0 unspecified atom stereocenters. The van der Waals surface area contributed by atoms with E-state index in [0.717, 1.165) is 48.7 Å². The van der Waals surface area contributed by atoms with Gasteiger partial charge in [-0.1, -0.05) is 6.92 Å². The zero-order valence-electron chi connectivity index (χ0n) is 17.4. The SMILES string of the molecule is CCN1CC[C@H](Nc2ccc(-c3cc(Nc4cnc(C#N)cn4)n[nH]3)c(OC)c2)C1.Cl. The summed E-state index contributed by atoms with van der Waals surface area (Å²) in [5.41, 5.74) is 3.04. The van der Waals surface area contributed by atoms with Gasteiger partial charge in [0, 0.05) is 42.5 Å². The minimum absolute atomic E-state index is 0. The van der Waals surface area contributed by atoms with Crippen LogP contribution >= 0.6 is 12.4 Å². The first-order valence-corrected chi connectivity index (χ1v) is 9.90. The van der Waals surface area contributed by atoms with Gasteiger partial charge in [0.25, 0.3) is 0 Å². The number of benzene rings is 1. The molecule has 1 saturated heterocycles. The maximum absolute atomic E-state index is 8.81. The van der Waals surface area contributed by atoms with Gasteiger partial charge in [0.2, 0.25) is 0 Å². The summed E-state index contributed by atoms with van der Waals surface area (Å²) in [6, 6.07) is 10.4. The summed E-state index contributed by atoms with van der Waals surface area (Å²) >= 11 is 0. The van der Waals surface area contributed by atoms with Gasteiger partial charge >= 0.3 is 0 Å². The average Bonchev–Trinajstić information content (AvgIpc) is 3.43. The van der Waals surface area contributed by atoms with Crippen molar-refractivity contribution >= 4 is 29.7 Å². The van der Waals surface area contributed by atoms with Crippen molar-refractivity contribution in [2.45, 2.75) is 19.4 Å². The number of methoxy groups -OCH3 is 1. The number of likely N-dealkylation sites (N-methyl/N-ethyl adjacent to an activating group) is 1. The standard InChI is InChI=1S/C21H24N8O.ClH/c1-3-29-7-6-15(13-29)25-14-4-5-17(19(8-14)30-2)18-9-20(28-27-18)26-21-12-23-16(10-22)11-24-21;/h4-5,8-9,11-12,15,25H,3,6-7,13H2,1-2H3,(H2,24,26,27,28);1H/t15-;/m0./s1. The maximum Gasteiger partial charge on any atom is 0.158 e. The van der Waals surface area contributed by atoms with Crippen molar-refractivity contribution in [3.8, 4) is 23.1 Å². The van der Waals surface area contributed by atoms with E-state index in [9.17, 15) is 0 Å². The van der Waals surface area contributed by atoms with E-state index in [4.69, 9.17) is 10.00 Å².